The smallest absolute Gasteiger partial charge is 0.123 e. The second-order valence-electron chi connectivity index (χ2n) is 5.44. The highest BCUT2D eigenvalue weighted by atomic mass is 16.5. The van der Waals surface area contributed by atoms with E-state index in [9.17, 15) is 0 Å². The standard InChI is InChI=1S/C15H22O/c1-5-11(6-2)12-7-8-14-13(9-12)15(3,4)10-16-14/h7-9,11H,5-6,10H2,1-4H3. The van der Waals surface area contributed by atoms with Gasteiger partial charge >= 0.3 is 0 Å². The lowest BCUT2D eigenvalue weighted by Crippen LogP contribution is -2.18. The molecule has 0 N–H and O–H groups in total. The minimum atomic E-state index is 0.178. The van der Waals surface area contributed by atoms with Crippen LogP contribution in [0.25, 0.3) is 0 Å². The van der Waals surface area contributed by atoms with Crippen LogP contribution < -0.4 is 4.74 Å². The molecular weight excluding hydrogens is 196 g/mol. The van der Waals surface area contributed by atoms with E-state index >= 15 is 0 Å². The van der Waals surface area contributed by atoms with Gasteiger partial charge in [-0.25, -0.2) is 0 Å². The van der Waals surface area contributed by atoms with Gasteiger partial charge in [0.1, 0.15) is 5.75 Å². The average molecular weight is 218 g/mol. The van der Waals surface area contributed by atoms with E-state index in [2.05, 4.69) is 45.9 Å². The highest BCUT2D eigenvalue weighted by Crippen LogP contribution is 2.40. The molecule has 0 spiro atoms. The fraction of sp³-hybridized carbons (Fsp3) is 0.600. The van der Waals surface area contributed by atoms with Crippen LogP contribution >= 0.6 is 0 Å². The van der Waals surface area contributed by atoms with Gasteiger partial charge in [0.15, 0.2) is 0 Å². The number of hydrogen-bond donors (Lipinski definition) is 0. The zero-order valence-corrected chi connectivity index (χ0v) is 10.8. The third-order valence-corrected chi connectivity index (χ3v) is 3.78. The maximum atomic E-state index is 5.72. The number of hydrogen-bond acceptors (Lipinski definition) is 1. The van der Waals surface area contributed by atoms with Crippen molar-refractivity contribution in [2.24, 2.45) is 0 Å². The second kappa shape index (κ2) is 4.12. The monoisotopic (exact) mass is 218 g/mol. The molecule has 2 rings (SSSR count). The van der Waals surface area contributed by atoms with Crippen LogP contribution in [0.4, 0.5) is 0 Å². The first-order valence-electron chi connectivity index (χ1n) is 6.35. The summed E-state index contributed by atoms with van der Waals surface area (Å²) in [5.41, 5.74) is 3.04. The Balaban J connectivity index is 2.39. The van der Waals surface area contributed by atoms with Gasteiger partial charge in [-0.05, 0) is 30.4 Å². The highest BCUT2D eigenvalue weighted by Gasteiger charge is 2.32. The molecule has 0 saturated heterocycles. The fourth-order valence-electron chi connectivity index (χ4n) is 2.55. The third-order valence-electron chi connectivity index (χ3n) is 3.78. The molecule has 1 heterocycles. The van der Waals surface area contributed by atoms with Crippen LogP contribution in [0.5, 0.6) is 5.75 Å². The normalized spacial score (nSPS) is 17.3. The van der Waals surface area contributed by atoms with Crippen LogP contribution in [-0.2, 0) is 5.41 Å². The summed E-state index contributed by atoms with van der Waals surface area (Å²) in [6, 6.07) is 6.75. The predicted molar refractivity (Wildman–Crippen MR) is 68.3 cm³/mol. The van der Waals surface area contributed by atoms with Crippen molar-refractivity contribution in [1.29, 1.82) is 0 Å². The summed E-state index contributed by atoms with van der Waals surface area (Å²) in [5, 5.41) is 0. The van der Waals surface area contributed by atoms with Gasteiger partial charge in [0.25, 0.3) is 0 Å². The van der Waals surface area contributed by atoms with E-state index in [1.165, 1.54) is 24.0 Å². The Hall–Kier alpha value is -0.980. The zero-order valence-electron chi connectivity index (χ0n) is 10.8. The molecule has 0 radical (unpaired) electrons. The van der Waals surface area contributed by atoms with Gasteiger partial charge in [0.05, 0.1) is 6.61 Å². The molecule has 0 unspecified atom stereocenters. The minimum Gasteiger partial charge on any atom is -0.492 e. The second-order valence-corrected chi connectivity index (χ2v) is 5.44. The Bertz CT molecular complexity index is 375. The van der Waals surface area contributed by atoms with Gasteiger partial charge in [-0.3, -0.25) is 0 Å². The Labute approximate surface area is 98.8 Å². The fourth-order valence-corrected chi connectivity index (χ4v) is 2.55. The third kappa shape index (κ3) is 1.83. The van der Waals surface area contributed by atoms with E-state index in [1.807, 2.05) is 0 Å². The first kappa shape index (κ1) is 11.5. The highest BCUT2D eigenvalue weighted by molar-refractivity contribution is 5.45. The van der Waals surface area contributed by atoms with E-state index in [-0.39, 0.29) is 5.41 Å². The summed E-state index contributed by atoms with van der Waals surface area (Å²) >= 11 is 0. The first-order chi connectivity index (χ1) is 7.58. The van der Waals surface area contributed by atoms with E-state index in [0.717, 1.165) is 12.4 Å². The molecule has 0 bridgehead atoms. The summed E-state index contributed by atoms with van der Waals surface area (Å²) in [5.74, 6) is 1.78. The molecule has 1 aromatic carbocycles. The molecule has 0 aromatic heterocycles. The van der Waals surface area contributed by atoms with Crippen LogP contribution in [-0.4, -0.2) is 6.61 Å². The molecular formula is C15H22O. The summed E-state index contributed by atoms with van der Waals surface area (Å²) in [6.45, 7) is 9.87. The quantitative estimate of drug-likeness (QED) is 0.736. The largest absolute Gasteiger partial charge is 0.492 e. The summed E-state index contributed by atoms with van der Waals surface area (Å²) in [4.78, 5) is 0. The number of benzene rings is 1. The van der Waals surface area contributed by atoms with Crippen LogP contribution in [0.3, 0.4) is 0 Å². The van der Waals surface area contributed by atoms with Gasteiger partial charge in [-0.1, -0.05) is 39.8 Å². The molecule has 1 nitrogen and oxygen atoms in total. The van der Waals surface area contributed by atoms with Gasteiger partial charge in [-0.15, -0.1) is 0 Å². The van der Waals surface area contributed by atoms with Crippen molar-refractivity contribution in [3.8, 4) is 5.75 Å². The summed E-state index contributed by atoms with van der Waals surface area (Å²) < 4.78 is 5.72. The van der Waals surface area contributed by atoms with Crippen molar-refractivity contribution in [3.05, 3.63) is 29.3 Å². The van der Waals surface area contributed by atoms with Gasteiger partial charge in [0, 0.05) is 11.0 Å². The minimum absolute atomic E-state index is 0.178. The molecule has 1 aromatic rings. The van der Waals surface area contributed by atoms with E-state index in [1.54, 1.807) is 0 Å². The zero-order chi connectivity index (χ0) is 11.8. The van der Waals surface area contributed by atoms with Gasteiger partial charge < -0.3 is 4.74 Å². The van der Waals surface area contributed by atoms with Crippen molar-refractivity contribution in [3.63, 3.8) is 0 Å². The van der Waals surface area contributed by atoms with Crippen molar-refractivity contribution in [2.75, 3.05) is 6.61 Å². The van der Waals surface area contributed by atoms with E-state index < -0.39 is 0 Å². The maximum Gasteiger partial charge on any atom is 0.123 e. The van der Waals surface area contributed by atoms with Crippen molar-refractivity contribution >= 4 is 0 Å². The molecule has 16 heavy (non-hydrogen) atoms. The SMILES string of the molecule is CCC(CC)c1ccc2c(c1)C(C)(C)CO2. The lowest BCUT2D eigenvalue weighted by molar-refractivity contribution is 0.291. The lowest BCUT2D eigenvalue weighted by atomic mass is 9.83. The number of rotatable bonds is 3. The molecule has 0 saturated carbocycles. The Kier molecular flexibility index (Phi) is 2.96. The van der Waals surface area contributed by atoms with E-state index in [4.69, 9.17) is 4.74 Å². The number of fused-ring (bicyclic) bond motifs is 1. The molecule has 1 aliphatic rings. The number of ether oxygens (including phenoxy) is 1. The van der Waals surface area contributed by atoms with E-state index in [0.29, 0.717) is 5.92 Å². The Morgan fingerprint density at radius 1 is 1.25 bits per heavy atom. The Morgan fingerprint density at radius 2 is 1.94 bits per heavy atom. The van der Waals surface area contributed by atoms with Crippen LogP contribution in [0, 0.1) is 0 Å². The summed E-state index contributed by atoms with van der Waals surface area (Å²) in [6.07, 6.45) is 2.44. The molecule has 0 aliphatic carbocycles. The molecule has 0 fully saturated rings. The lowest BCUT2D eigenvalue weighted by Gasteiger charge is -2.18. The van der Waals surface area contributed by atoms with Crippen molar-refractivity contribution < 1.29 is 4.74 Å². The van der Waals surface area contributed by atoms with Crippen LogP contribution in [0.1, 0.15) is 57.6 Å². The Morgan fingerprint density at radius 3 is 2.56 bits per heavy atom. The van der Waals surface area contributed by atoms with Gasteiger partial charge in [0.2, 0.25) is 0 Å². The van der Waals surface area contributed by atoms with Crippen molar-refractivity contribution in [2.45, 2.75) is 51.9 Å². The van der Waals surface area contributed by atoms with Crippen LogP contribution in [0.15, 0.2) is 18.2 Å². The van der Waals surface area contributed by atoms with Crippen LogP contribution in [0.2, 0.25) is 0 Å². The molecule has 1 heteroatoms. The molecule has 0 atom stereocenters. The summed E-state index contributed by atoms with van der Waals surface area (Å²) in [7, 11) is 0. The van der Waals surface area contributed by atoms with Crippen molar-refractivity contribution in [1.82, 2.24) is 0 Å². The first-order valence-corrected chi connectivity index (χ1v) is 6.35. The molecule has 1 aliphatic heterocycles. The maximum absolute atomic E-state index is 5.72. The van der Waals surface area contributed by atoms with Gasteiger partial charge in [-0.2, -0.15) is 0 Å². The molecule has 0 amide bonds. The average Bonchev–Trinajstić information content (AvgIpc) is 2.57. The topological polar surface area (TPSA) is 9.23 Å². The molecule has 88 valence electrons. The predicted octanol–water partition coefficient (Wildman–Crippen LogP) is 4.26.